The zero-order valence-corrected chi connectivity index (χ0v) is 9.27. The van der Waals surface area contributed by atoms with Crippen LogP contribution in [-0.4, -0.2) is 41.2 Å². The Hall–Kier alpha value is -1.07. The maximum Gasteiger partial charge on any atom is 0.393 e. The summed E-state index contributed by atoms with van der Waals surface area (Å²) in [4.78, 5) is 6.17. The van der Waals surface area contributed by atoms with Crippen molar-refractivity contribution >= 4 is 0 Å². The molecule has 1 N–H and O–H groups in total. The lowest BCUT2D eigenvalue weighted by Gasteiger charge is -2.16. The van der Waals surface area contributed by atoms with Crippen molar-refractivity contribution in [1.82, 2.24) is 9.88 Å². The zero-order valence-electron chi connectivity index (χ0n) is 9.27. The summed E-state index contributed by atoms with van der Waals surface area (Å²) in [6, 6.07) is 0. The summed E-state index contributed by atoms with van der Waals surface area (Å²) in [5, 5.41) is 8.75. The number of hydrogen-bond acceptors (Lipinski definition) is 5. The Morgan fingerprint density at radius 3 is 2.73 bits per heavy atom. The van der Waals surface area contributed by atoms with Gasteiger partial charge in [0.05, 0.1) is 6.61 Å². The fraction of sp³-hybridized carbons (Fsp3) is 0.700. The van der Waals surface area contributed by atoms with Gasteiger partial charge in [-0.15, -0.1) is 0 Å². The first-order chi connectivity index (χ1) is 7.30. The van der Waals surface area contributed by atoms with Crippen LogP contribution < -0.4 is 4.74 Å². The van der Waals surface area contributed by atoms with Gasteiger partial charge in [0.15, 0.2) is 0 Å². The molecule has 86 valence electrons. The smallest absolute Gasteiger partial charge is 0.393 e. The minimum absolute atomic E-state index is 0.122. The Morgan fingerprint density at radius 2 is 2.20 bits per heavy atom. The van der Waals surface area contributed by atoms with E-state index >= 15 is 0 Å². The molecule has 0 unspecified atom stereocenters. The first kappa shape index (κ1) is 12.0. The minimum Gasteiger partial charge on any atom is -0.449 e. The quantitative estimate of drug-likeness (QED) is 0.730. The number of oxazole rings is 1. The molecule has 0 saturated carbocycles. The molecule has 1 heterocycles. The summed E-state index contributed by atoms with van der Waals surface area (Å²) in [5.41, 5.74) is 0.493. The molecule has 0 atom stereocenters. The number of likely N-dealkylation sites (N-methyl/N-ethyl adjacent to an activating group) is 1. The lowest BCUT2D eigenvalue weighted by Crippen LogP contribution is -2.27. The monoisotopic (exact) mass is 214 g/mol. The van der Waals surface area contributed by atoms with Crippen LogP contribution in [0.3, 0.4) is 0 Å². The van der Waals surface area contributed by atoms with Crippen molar-refractivity contribution in [2.24, 2.45) is 0 Å². The summed E-state index contributed by atoms with van der Waals surface area (Å²) in [5.74, 6) is 0. The highest BCUT2D eigenvalue weighted by Crippen LogP contribution is 2.09. The molecule has 0 aromatic carbocycles. The van der Waals surface area contributed by atoms with Gasteiger partial charge in [0.2, 0.25) is 0 Å². The van der Waals surface area contributed by atoms with E-state index in [1.165, 1.54) is 6.26 Å². The molecule has 0 saturated heterocycles. The molecule has 5 nitrogen and oxygen atoms in total. The largest absolute Gasteiger partial charge is 0.449 e. The van der Waals surface area contributed by atoms with E-state index < -0.39 is 0 Å². The molecule has 0 aliphatic rings. The van der Waals surface area contributed by atoms with Gasteiger partial charge < -0.3 is 19.2 Å². The van der Waals surface area contributed by atoms with Crippen molar-refractivity contribution in [2.75, 3.05) is 26.2 Å². The third kappa shape index (κ3) is 3.89. The van der Waals surface area contributed by atoms with E-state index in [-0.39, 0.29) is 12.7 Å². The first-order valence-corrected chi connectivity index (χ1v) is 5.20. The van der Waals surface area contributed by atoms with Gasteiger partial charge in [-0.2, -0.15) is 4.98 Å². The highest BCUT2D eigenvalue weighted by Gasteiger charge is 2.04. The number of rotatable bonds is 7. The van der Waals surface area contributed by atoms with E-state index in [1.54, 1.807) is 0 Å². The second kappa shape index (κ2) is 6.42. The van der Waals surface area contributed by atoms with Crippen molar-refractivity contribution in [3.05, 3.63) is 12.0 Å². The molecule has 15 heavy (non-hydrogen) atoms. The van der Waals surface area contributed by atoms with Gasteiger partial charge in [-0.1, -0.05) is 13.8 Å². The standard InChI is InChI=1S/C10H18N2O3/c1-3-12(4-2)5-6-14-10-11-9(7-13)8-15-10/h8,13H,3-7H2,1-2H3. The molecule has 0 bridgehead atoms. The Morgan fingerprint density at radius 1 is 1.47 bits per heavy atom. The van der Waals surface area contributed by atoms with Gasteiger partial charge in [-0.05, 0) is 13.1 Å². The van der Waals surface area contributed by atoms with Crippen LogP contribution in [0.1, 0.15) is 19.5 Å². The molecule has 0 spiro atoms. The summed E-state index contributed by atoms with van der Waals surface area (Å²) in [6.07, 6.45) is 1.62. The minimum atomic E-state index is -0.122. The summed E-state index contributed by atoms with van der Waals surface area (Å²) < 4.78 is 10.3. The fourth-order valence-corrected chi connectivity index (χ4v) is 1.23. The first-order valence-electron chi connectivity index (χ1n) is 5.20. The predicted molar refractivity (Wildman–Crippen MR) is 55.7 cm³/mol. The number of nitrogens with zero attached hydrogens (tertiary/aromatic N) is 2. The van der Waals surface area contributed by atoms with Crippen LogP contribution in [0.25, 0.3) is 0 Å². The van der Waals surface area contributed by atoms with Crippen molar-refractivity contribution in [2.45, 2.75) is 20.5 Å². The summed E-state index contributed by atoms with van der Waals surface area (Å²) >= 11 is 0. The van der Waals surface area contributed by atoms with E-state index in [0.29, 0.717) is 12.3 Å². The van der Waals surface area contributed by atoms with Crippen molar-refractivity contribution in [1.29, 1.82) is 0 Å². The summed E-state index contributed by atoms with van der Waals surface area (Å²) in [6.45, 7) is 7.51. The van der Waals surface area contributed by atoms with Gasteiger partial charge in [0.25, 0.3) is 0 Å². The third-order valence-corrected chi connectivity index (χ3v) is 2.22. The van der Waals surface area contributed by atoms with Crippen LogP contribution in [0.5, 0.6) is 6.08 Å². The van der Waals surface area contributed by atoms with Crippen LogP contribution in [0.15, 0.2) is 10.7 Å². The van der Waals surface area contributed by atoms with E-state index in [9.17, 15) is 0 Å². The van der Waals surface area contributed by atoms with Gasteiger partial charge in [0, 0.05) is 6.54 Å². The molecule has 5 heteroatoms. The average molecular weight is 214 g/mol. The Balaban J connectivity index is 2.25. The van der Waals surface area contributed by atoms with Gasteiger partial charge in [-0.3, -0.25) is 0 Å². The Kier molecular flexibility index (Phi) is 5.14. The van der Waals surface area contributed by atoms with Crippen molar-refractivity contribution in [3.8, 4) is 6.08 Å². The average Bonchev–Trinajstić information content (AvgIpc) is 2.72. The molecule has 0 radical (unpaired) electrons. The van der Waals surface area contributed by atoms with E-state index in [4.69, 9.17) is 14.3 Å². The van der Waals surface area contributed by atoms with Crippen LogP contribution >= 0.6 is 0 Å². The third-order valence-electron chi connectivity index (χ3n) is 2.22. The highest BCUT2D eigenvalue weighted by atomic mass is 16.6. The van der Waals surface area contributed by atoms with Crippen LogP contribution in [-0.2, 0) is 6.61 Å². The molecule has 0 aliphatic heterocycles. The number of ether oxygens (including phenoxy) is 1. The molecule has 0 fully saturated rings. The second-order valence-electron chi connectivity index (χ2n) is 3.14. The molecule has 0 amide bonds. The molecule has 1 aromatic rings. The van der Waals surface area contributed by atoms with Crippen LogP contribution in [0.4, 0.5) is 0 Å². The molecular weight excluding hydrogens is 196 g/mol. The van der Waals surface area contributed by atoms with Gasteiger partial charge in [-0.25, -0.2) is 0 Å². The predicted octanol–water partition coefficient (Wildman–Crippen LogP) is 0.887. The normalized spacial score (nSPS) is 10.9. The molecular formula is C10H18N2O3. The zero-order chi connectivity index (χ0) is 11.1. The topological polar surface area (TPSA) is 58.7 Å². The van der Waals surface area contributed by atoms with Crippen molar-refractivity contribution < 1.29 is 14.3 Å². The molecule has 0 aliphatic carbocycles. The van der Waals surface area contributed by atoms with E-state index in [0.717, 1.165) is 19.6 Å². The highest BCUT2D eigenvalue weighted by molar-refractivity contribution is 4.97. The Labute approximate surface area is 89.7 Å². The van der Waals surface area contributed by atoms with Gasteiger partial charge >= 0.3 is 6.08 Å². The van der Waals surface area contributed by atoms with Crippen LogP contribution in [0.2, 0.25) is 0 Å². The van der Waals surface area contributed by atoms with Crippen LogP contribution in [0, 0.1) is 0 Å². The van der Waals surface area contributed by atoms with E-state index in [2.05, 4.69) is 23.7 Å². The number of aliphatic hydroxyl groups is 1. The maximum atomic E-state index is 8.75. The lowest BCUT2D eigenvalue weighted by atomic mass is 10.5. The number of aromatic nitrogens is 1. The Bertz CT molecular complexity index is 271. The number of hydrogen-bond donors (Lipinski definition) is 1. The SMILES string of the molecule is CCN(CC)CCOc1nc(CO)co1. The molecule has 1 rings (SSSR count). The fourth-order valence-electron chi connectivity index (χ4n) is 1.23. The van der Waals surface area contributed by atoms with Gasteiger partial charge in [0.1, 0.15) is 18.6 Å². The number of aliphatic hydroxyl groups excluding tert-OH is 1. The second-order valence-corrected chi connectivity index (χ2v) is 3.14. The lowest BCUT2D eigenvalue weighted by molar-refractivity contribution is 0.183. The summed E-state index contributed by atoms with van der Waals surface area (Å²) in [7, 11) is 0. The maximum absolute atomic E-state index is 8.75. The molecule has 1 aromatic heterocycles. The van der Waals surface area contributed by atoms with E-state index in [1.807, 2.05) is 0 Å². The van der Waals surface area contributed by atoms with Crippen molar-refractivity contribution in [3.63, 3.8) is 0 Å².